The van der Waals surface area contributed by atoms with Crippen molar-refractivity contribution in [3.8, 4) is 0 Å². The number of anilines is 1. The van der Waals surface area contributed by atoms with E-state index >= 15 is 0 Å². The van der Waals surface area contributed by atoms with Crippen LogP contribution in [0.1, 0.15) is 77.4 Å². The SMILES string of the molecule is CCCn1c(SCC(=O)Nc2sc(C(N)=O)c(C)c2C(=O)OC(C)C)nnc1C1CC1. The molecule has 3 N–H and O–H groups in total. The number of thioether (sulfide) groups is 1. The van der Waals surface area contributed by atoms with E-state index < -0.39 is 11.9 Å². The molecule has 0 atom stereocenters. The van der Waals surface area contributed by atoms with Crippen molar-refractivity contribution in [3.63, 3.8) is 0 Å². The minimum atomic E-state index is -0.656. The highest BCUT2D eigenvalue weighted by atomic mass is 32.2. The number of nitrogens with one attached hydrogen (secondary N) is 1. The zero-order valence-electron chi connectivity index (χ0n) is 18.1. The lowest BCUT2D eigenvalue weighted by Gasteiger charge is -2.11. The van der Waals surface area contributed by atoms with Crippen molar-refractivity contribution >= 4 is 45.9 Å². The first-order valence-corrected chi connectivity index (χ1v) is 12.0. The molecule has 0 bridgehead atoms. The van der Waals surface area contributed by atoms with Crippen molar-refractivity contribution < 1.29 is 19.1 Å². The van der Waals surface area contributed by atoms with Gasteiger partial charge in [0.2, 0.25) is 5.91 Å². The number of carbonyl (C=O) groups is 3. The first-order chi connectivity index (χ1) is 14.7. The Morgan fingerprint density at radius 3 is 2.61 bits per heavy atom. The van der Waals surface area contributed by atoms with E-state index in [2.05, 4.69) is 27.0 Å². The first kappa shape index (κ1) is 23.3. The van der Waals surface area contributed by atoms with Gasteiger partial charge in [-0.25, -0.2) is 4.79 Å². The highest BCUT2D eigenvalue weighted by molar-refractivity contribution is 7.99. The molecule has 9 nitrogen and oxygen atoms in total. The third-order valence-electron chi connectivity index (χ3n) is 4.64. The smallest absolute Gasteiger partial charge is 0.341 e. The van der Waals surface area contributed by atoms with E-state index in [4.69, 9.17) is 10.5 Å². The number of aromatic nitrogens is 3. The van der Waals surface area contributed by atoms with Gasteiger partial charge in [-0.1, -0.05) is 18.7 Å². The molecule has 0 aliphatic heterocycles. The minimum Gasteiger partial charge on any atom is -0.459 e. The number of hydrogen-bond acceptors (Lipinski definition) is 8. The van der Waals surface area contributed by atoms with Crippen LogP contribution in [0, 0.1) is 6.92 Å². The third-order valence-corrected chi connectivity index (χ3v) is 6.83. The summed E-state index contributed by atoms with van der Waals surface area (Å²) in [6.45, 7) is 7.97. The highest BCUT2D eigenvalue weighted by Gasteiger charge is 2.30. The van der Waals surface area contributed by atoms with Crippen LogP contribution in [0.15, 0.2) is 5.16 Å². The van der Waals surface area contributed by atoms with Crippen molar-refractivity contribution in [2.24, 2.45) is 5.73 Å². The maximum absolute atomic E-state index is 12.6. The molecule has 0 saturated heterocycles. The molecule has 1 aliphatic carbocycles. The van der Waals surface area contributed by atoms with Crippen molar-refractivity contribution in [2.75, 3.05) is 11.1 Å². The molecule has 1 aliphatic rings. The van der Waals surface area contributed by atoms with Gasteiger partial charge in [0.25, 0.3) is 5.91 Å². The number of nitrogens with zero attached hydrogens (tertiary/aromatic N) is 3. The molecule has 0 radical (unpaired) electrons. The van der Waals surface area contributed by atoms with Gasteiger partial charge >= 0.3 is 5.97 Å². The van der Waals surface area contributed by atoms with E-state index in [1.807, 2.05) is 0 Å². The second kappa shape index (κ2) is 9.82. The number of carbonyl (C=O) groups excluding carboxylic acids is 3. The van der Waals surface area contributed by atoms with Crippen LogP contribution in [0.4, 0.5) is 5.00 Å². The fourth-order valence-electron chi connectivity index (χ4n) is 3.13. The molecular formula is C20H27N5O4S2. The van der Waals surface area contributed by atoms with Gasteiger partial charge in [-0.2, -0.15) is 0 Å². The molecule has 0 unspecified atom stereocenters. The number of rotatable bonds is 10. The Kier molecular flexibility index (Phi) is 7.37. The monoisotopic (exact) mass is 465 g/mol. The molecule has 1 saturated carbocycles. The first-order valence-electron chi connectivity index (χ1n) is 10.2. The standard InChI is InChI=1S/C20H27N5O4S2/c1-5-8-25-17(12-6-7-12)23-24-20(25)30-9-13(26)22-18-14(19(28)29-10(2)3)11(4)15(31-18)16(21)27/h10,12H,5-9H2,1-4H3,(H2,21,27)(H,22,26). The molecule has 2 aromatic heterocycles. The molecule has 168 valence electrons. The van der Waals surface area contributed by atoms with Crippen molar-refractivity contribution in [1.82, 2.24) is 14.8 Å². The summed E-state index contributed by atoms with van der Waals surface area (Å²) < 4.78 is 7.36. The number of ether oxygens (including phenoxy) is 1. The Morgan fingerprint density at radius 2 is 2.03 bits per heavy atom. The third kappa shape index (κ3) is 5.45. The van der Waals surface area contributed by atoms with Crippen molar-refractivity contribution in [1.29, 1.82) is 0 Å². The number of thiophene rings is 1. The van der Waals surface area contributed by atoms with Gasteiger partial charge in [0, 0.05) is 12.5 Å². The quantitative estimate of drug-likeness (QED) is 0.407. The molecule has 11 heteroatoms. The molecule has 2 aromatic rings. The molecule has 2 amide bonds. The number of amides is 2. The highest BCUT2D eigenvalue weighted by Crippen LogP contribution is 2.40. The van der Waals surface area contributed by atoms with Gasteiger partial charge < -0.3 is 20.4 Å². The summed E-state index contributed by atoms with van der Waals surface area (Å²) in [5.74, 6) is -0.0257. The van der Waals surface area contributed by atoms with Crippen LogP contribution in [-0.2, 0) is 16.1 Å². The summed E-state index contributed by atoms with van der Waals surface area (Å²) in [5.41, 5.74) is 5.99. The summed E-state index contributed by atoms with van der Waals surface area (Å²) in [4.78, 5) is 37.1. The van der Waals surface area contributed by atoms with Gasteiger partial charge in [0.15, 0.2) is 5.16 Å². The van der Waals surface area contributed by atoms with E-state index in [-0.39, 0.29) is 33.2 Å². The predicted octanol–water partition coefficient (Wildman–Crippen LogP) is 3.33. The van der Waals surface area contributed by atoms with Crippen LogP contribution in [0.2, 0.25) is 0 Å². The second-order valence-electron chi connectivity index (χ2n) is 7.68. The summed E-state index contributed by atoms with van der Waals surface area (Å²) in [7, 11) is 0. The maximum atomic E-state index is 12.6. The zero-order chi connectivity index (χ0) is 22.7. The van der Waals surface area contributed by atoms with Crippen LogP contribution in [0.25, 0.3) is 0 Å². The van der Waals surface area contributed by atoms with Crippen LogP contribution in [-0.4, -0.2) is 44.4 Å². The van der Waals surface area contributed by atoms with Gasteiger partial charge in [-0.15, -0.1) is 21.5 Å². The number of nitrogens with two attached hydrogens (primary N) is 1. The topological polar surface area (TPSA) is 129 Å². The van der Waals surface area contributed by atoms with Crippen molar-refractivity contribution in [3.05, 3.63) is 21.8 Å². The summed E-state index contributed by atoms with van der Waals surface area (Å²) in [5, 5.41) is 12.3. The lowest BCUT2D eigenvalue weighted by atomic mass is 10.1. The van der Waals surface area contributed by atoms with E-state index in [1.54, 1.807) is 20.8 Å². The van der Waals surface area contributed by atoms with Crippen LogP contribution >= 0.6 is 23.1 Å². The van der Waals surface area contributed by atoms with E-state index in [9.17, 15) is 14.4 Å². The zero-order valence-corrected chi connectivity index (χ0v) is 19.7. The van der Waals surface area contributed by atoms with Crippen LogP contribution < -0.4 is 11.1 Å². The number of hydrogen-bond donors (Lipinski definition) is 2. The number of esters is 1. The molecular weight excluding hydrogens is 438 g/mol. The van der Waals surface area contributed by atoms with E-state index in [0.717, 1.165) is 43.0 Å². The normalized spacial score (nSPS) is 13.5. The molecule has 3 rings (SSSR count). The predicted molar refractivity (Wildman–Crippen MR) is 120 cm³/mol. The second-order valence-corrected chi connectivity index (χ2v) is 9.65. The average Bonchev–Trinajstić information content (AvgIpc) is 3.37. The Morgan fingerprint density at radius 1 is 1.32 bits per heavy atom. The minimum absolute atomic E-state index is 0.0913. The van der Waals surface area contributed by atoms with Crippen LogP contribution in [0.5, 0.6) is 0 Å². The largest absolute Gasteiger partial charge is 0.459 e. The van der Waals surface area contributed by atoms with E-state index in [1.165, 1.54) is 11.8 Å². The fraction of sp³-hybridized carbons (Fsp3) is 0.550. The maximum Gasteiger partial charge on any atom is 0.341 e. The summed E-state index contributed by atoms with van der Waals surface area (Å²) in [6, 6.07) is 0. The van der Waals surface area contributed by atoms with E-state index in [0.29, 0.717) is 16.6 Å². The molecule has 1 fully saturated rings. The van der Waals surface area contributed by atoms with Gasteiger partial charge in [0.1, 0.15) is 10.8 Å². The Bertz CT molecular complexity index is 994. The lowest BCUT2D eigenvalue weighted by molar-refractivity contribution is -0.113. The van der Waals surface area contributed by atoms with Gasteiger partial charge in [-0.05, 0) is 45.6 Å². The van der Waals surface area contributed by atoms with Crippen LogP contribution in [0.3, 0.4) is 0 Å². The number of primary amides is 1. The lowest BCUT2D eigenvalue weighted by Crippen LogP contribution is -2.18. The fourth-order valence-corrected chi connectivity index (χ4v) is 4.97. The summed E-state index contributed by atoms with van der Waals surface area (Å²) in [6.07, 6.45) is 2.86. The Hall–Kier alpha value is -2.40. The Labute approximate surface area is 189 Å². The molecule has 2 heterocycles. The average molecular weight is 466 g/mol. The molecule has 31 heavy (non-hydrogen) atoms. The van der Waals surface area contributed by atoms with Gasteiger partial charge in [-0.3, -0.25) is 9.59 Å². The molecule has 0 spiro atoms. The van der Waals surface area contributed by atoms with Crippen molar-refractivity contribution in [2.45, 2.75) is 70.7 Å². The molecule has 0 aromatic carbocycles. The Balaban J connectivity index is 1.74. The van der Waals surface area contributed by atoms with Gasteiger partial charge in [0.05, 0.1) is 22.3 Å². The summed E-state index contributed by atoms with van der Waals surface area (Å²) >= 11 is 2.27.